The molecule has 1 heterocycles. The highest BCUT2D eigenvalue weighted by molar-refractivity contribution is 5.48. The lowest BCUT2D eigenvalue weighted by Crippen LogP contribution is -2.23. The summed E-state index contributed by atoms with van der Waals surface area (Å²) in [5, 5.41) is 4.75. The SMILES string of the molecule is CCC1(c2nn(C)c(N)c2C(C)C)CCCC1. The Morgan fingerprint density at radius 2 is 1.94 bits per heavy atom. The molecule has 0 bridgehead atoms. The molecule has 0 atom stereocenters. The van der Waals surface area contributed by atoms with Crippen LogP contribution in [0.1, 0.15) is 70.1 Å². The predicted molar refractivity (Wildman–Crippen MR) is 72.1 cm³/mol. The number of nitrogens with zero attached hydrogens (tertiary/aromatic N) is 2. The first-order chi connectivity index (χ1) is 8.02. The van der Waals surface area contributed by atoms with E-state index in [9.17, 15) is 0 Å². The molecule has 0 radical (unpaired) electrons. The van der Waals surface area contributed by atoms with Gasteiger partial charge in [-0.3, -0.25) is 4.68 Å². The van der Waals surface area contributed by atoms with Gasteiger partial charge in [0.05, 0.1) is 5.69 Å². The highest BCUT2D eigenvalue weighted by Gasteiger charge is 2.39. The summed E-state index contributed by atoms with van der Waals surface area (Å²) >= 11 is 0. The Kier molecular flexibility index (Phi) is 3.19. The van der Waals surface area contributed by atoms with Crippen molar-refractivity contribution in [3.8, 4) is 0 Å². The first-order valence-corrected chi connectivity index (χ1v) is 6.84. The lowest BCUT2D eigenvalue weighted by atomic mass is 9.77. The van der Waals surface area contributed by atoms with Crippen molar-refractivity contribution in [1.82, 2.24) is 9.78 Å². The maximum atomic E-state index is 6.19. The fraction of sp³-hybridized carbons (Fsp3) is 0.786. The maximum Gasteiger partial charge on any atom is 0.125 e. The third kappa shape index (κ3) is 1.85. The van der Waals surface area contributed by atoms with E-state index in [2.05, 4.69) is 20.8 Å². The zero-order valence-corrected chi connectivity index (χ0v) is 11.6. The molecule has 0 spiro atoms. The molecule has 3 heteroatoms. The molecule has 2 N–H and O–H groups in total. The summed E-state index contributed by atoms with van der Waals surface area (Å²) in [4.78, 5) is 0. The average molecular weight is 235 g/mol. The number of nitrogens with two attached hydrogens (primary N) is 1. The van der Waals surface area contributed by atoms with Crippen molar-refractivity contribution in [3.63, 3.8) is 0 Å². The Bertz CT molecular complexity index is 398. The van der Waals surface area contributed by atoms with Crippen LogP contribution in [0.15, 0.2) is 0 Å². The summed E-state index contributed by atoms with van der Waals surface area (Å²) < 4.78 is 1.86. The molecule has 1 saturated carbocycles. The lowest BCUT2D eigenvalue weighted by molar-refractivity contribution is 0.403. The molecule has 0 aliphatic heterocycles. The Balaban J connectivity index is 2.54. The van der Waals surface area contributed by atoms with E-state index in [4.69, 9.17) is 10.8 Å². The fourth-order valence-corrected chi connectivity index (χ4v) is 3.32. The number of hydrogen-bond acceptors (Lipinski definition) is 2. The van der Waals surface area contributed by atoms with Crippen LogP contribution in [0.25, 0.3) is 0 Å². The Morgan fingerprint density at radius 3 is 2.41 bits per heavy atom. The molecule has 0 aromatic carbocycles. The van der Waals surface area contributed by atoms with Crippen LogP contribution in [-0.2, 0) is 12.5 Å². The van der Waals surface area contributed by atoms with Crippen LogP contribution in [0.4, 0.5) is 5.82 Å². The summed E-state index contributed by atoms with van der Waals surface area (Å²) in [6.07, 6.45) is 6.41. The molecule has 1 aromatic rings. The van der Waals surface area contributed by atoms with Crippen molar-refractivity contribution in [2.45, 2.75) is 64.2 Å². The molecule has 1 aliphatic rings. The van der Waals surface area contributed by atoms with Gasteiger partial charge in [-0.25, -0.2) is 0 Å². The monoisotopic (exact) mass is 235 g/mol. The van der Waals surface area contributed by atoms with Crippen LogP contribution in [0.2, 0.25) is 0 Å². The highest BCUT2D eigenvalue weighted by atomic mass is 15.3. The third-order valence-electron chi connectivity index (χ3n) is 4.45. The molecular formula is C14H25N3. The van der Waals surface area contributed by atoms with Gasteiger partial charge in [-0.05, 0) is 25.2 Å². The molecular weight excluding hydrogens is 210 g/mol. The van der Waals surface area contributed by atoms with Crippen molar-refractivity contribution in [1.29, 1.82) is 0 Å². The van der Waals surface area contributed by atoms with E-state index < -0.39 is 0 Å². The standard InChI is InChI=1S/C14H25N3/c1-5-14(8-6-7-9-14)12-11(10(2)3)13(15)17(4)16-12/h10H,5-9,15H2,1-4H3. The summed E-state index contributed by atoms with van der Waals surface area (Å²) in [7, 11) is 1.96. The Hall–Kier alpha value is -0.990. The van der Waals surface area contributed by atoms with Crippen molar-refractivity contribution < 1.29 is 0 Å². The van der Waals surface area contributed by atoms with E-state index in [-0.39, 0.29) is 0 Å². The largest absolute Gasteiger partial charge is 0.384 e. The van der Waals surface area contributed by atoms with Gasteiger partial charge in [-0.2, -0.15) is 5.10 Å². The van der Waals surface area contributed by atoms with Gasteiger partial charge in [-0.15, -0.1) is 0 Å². The first kappa shape index (κ1) is 12.5. The van der Waals surface area contributed by atoms with Crippen molar-refractivity contribution in [2.24, 2.45) is 7.05 Å². The van der Waals surface area contributed by atoms with Crippen LogP contribution in [0.5, 0.6) is 0 Å². The second-order valence-corrected chi connectivity index (χ2v) is 5.77. The van der Waals surface area contributed by atoms with Gasteiger partial charge in [0, 0.05) is 18.0 Å². The van der Waals surface area contributed by atoms with Gasteiger partial charge in [0.25, 0.3) is 0 Å². The Labute approximate surface area is 104 Å². The Morgan fingerprint density at radius 1 is 1.35 bits per heavy atom. The van der Waals surface area contributed by atoms with Gasteiger partial charge in [0.1, 0.15) is 5.82 Å². The topological polar surface area (TPSA) is 43.8 Å². The summed E-state index contributed by atoms with van der Waals surface area (Å²) in [5.41, 5.74) is 9.06. The molecule has 0 amide bonds. The molecule has 3 nitrogen and oxygen atoms in total. The van der Waals surface area contributed by atoms with Gasteiger partial charge in [0.2, 0.25) is 0 Å². The normalized spacial score (nSPS) is 19.1. The van der Waals surface area contributed by atoms with Crippen LogP contribution in [-0.4, -0.2) is 9.78 Å². The number of rotatable bonds is 3. The van der Waals surface area contributed by atoms with E-state index in [1.807, 2.05) is 11.7 Å². The molecule has 0 unspecified atom stereocenters. The van der Waals surface area contributed by atoms with E-state index >= 15 is 0 Å². The minimum Gasteiger partial charge on any atom is -0.384 e. The average Bonchev–Trinajstić information content (AvgIpc) is 2.86. The van der Waals surface area contributed by atoms with Crippen LogP contribution < -0.4 is 5.73 Å². The molecule has 1 aliphatic carbocycles. The van der Waals surface area contributed by atoms with E-state index in [1.165, 1.54) is 43.4 Å². The van der Waals surface area contributed by atoms with Gasteiger partial charge < -0.3 is 5.73 Å². The van der Waals surface area contributed by atoms with Crippen LogP contribution >= 0.6 is 0 Å². The fourth-order valence-electron chi connectivity index (χ4n) is 3.32. The van der Waals surface area contributed by atoms with Crippen molar-refractivity contribution in [3.05, 3.63) is 11.3 Å². The second kappa shape index (κ2) is 4.35. The van der Waals surface area contributed by atoms with Crippen LogP contribution in [0, 0.1) is 0 Å². The lowest BCUT2D eigenvalue weighted by Gasteiger charge is -2.27. The molecule has 96 valence electrons. The number of aromatic nitrogens is 2. The molecule has 1 aromatic heterocycles. The van der Waals surface area contributed by atoms with E-state index in [1.54, 1.807) is 0 Å². The summed E-state index contributed by atoms with van der Waals surface area (Å²) in [5.74, 6) is 1.32. The smallest absolute Gasteiger partial charge is 0.125 e. The first-order valence-electron chi connectivity index (χ1n) is 6.84. The van der Waals surface area contributed by atoms with Gasteiger partial charge >= 0.3 is 0 Å². The third-order valence-corrected chi connectivity index (χ3v) is 4.45. The van der Waals surface area contributed by atoms with Crippen molar-refractivity contribution >= 4 is 5.82 Å². The highest BCUT2D eigenvalue weighted by Crippen LogP contribution is 2.46. The minimum absolute atomic E-state index is 0.301. The molecule has 17 heavy (non-hydrogen) atoms. The van der Waals surface area contributed by atoms with E-state index in [0.717, 1.165) is 5.82 Å². The van der Waals surface area contributed by atoms with E-state index in [0.29, 0.717) is 11.3 Å². The second-order valence-electron chi connectivity index (χ2n) is 5.77. The minimum atomic E-state index is 0.301. The molecule has 1 fully saturated rings. The molecule has 0 saturated heterocycles. The number of nitrogen functional groups attached to an aromatic ring is 1. The van der Waals surface area contributed by atoms with Crippen molar-refractivity contribution in [2.75, 3.05) is 5.73 Å². The number of aryl methyl sites for hydroxylation is 1. The van der Waals surface area contributed by atoms with Gasteiger partial charge in [-0.1, -0.05) is 33.6 Å². The summed E-state index contributed by atoms with van der Waals surface area (Å²) in [6, 6.07) is 0. The number of hydrogen-bond donors (Lipinski definition) is 1. The quantitative estimate of drug-likeness (QED) is 0.873. The summed E-state index contributed by atoms with van der Waals surface area (Å²) in [6.45, 7) is 6.73. The number of anilines is 1. The zero-order chi connectivity index (χ0) is 12.6. The van der Waals surface area contributed by atoms with Crippen LogP contribution in [0.3, 0.4) is 0 Å². The predicted octanol–water partition coefficient (Wildman–Crippen LogP) is 3.35. The zero-order valence-electron chi connectivity index (χ0n) is 11.6. The molecule has 2 rings (SSSR count). The van der Waals surface area contributed by atoms with Gasteiger partial charge in [0.15, 0.2) is 0 Å². The maximum absolute atomic E-state index is 6.19.